The Balaban J connectivity index is 1.69. The molecule has 1 aliphatic rings. The number of rotatable bonds is 8. The van der Waals surface area contributed by atoms with Crippen molar-refractivity contribution in [2.75, 3.05) is 44.6 Å². The summed E-state index contributed by atoms with van der Waals surface area (Å²) in [6.07, 6.45) is 2.44. The first kappa shape index (κ1) is 19.9. The van der Waals surface area contributed by atoms with Crippen LogP contribution in [-0.2, 0) is 4.79 Å². The molecule has 0 aliphatic carbocycles. The van der Waals surface area contributed by atoms with Gasteiger partial charge in [0, 0.05) is 44.3 Å². The molecule has 1 unspecified atom stereocenters. The van der Waals surface area contributed by atoms with Gasteiger partial charge in [0.25, 0.3) is 0 Å². The molecule has 5 nitrogen and oxygen atoms in total. The minimum atomic E-state index is 0.0994. The maximum absolute atomic E-state index is 12.2. The zero-order chi connectivity index (χ0) is 18.2. The van der Waals surface area contributed by atoms with Gasteiger partial charge in [0.1, 0.15) is 0 Å². The summed E-state index contributed by atoms with van der Waals surface area (Å²) in [5.74, 6) is 0.0994. The van der Waals surface area contributed by atoms with Crippen LogP contribution >= 0.6 is 0 Å². The zero-order valence-electron chi connectivity index (χ0n) is 15.9. The molecule has 25 heavy (non-hydrogen) atoms. The number of hydrogen-bond donors (Lipinski definition) is 2. The maximum Gasteiger partial charge on any atom is 0.224 e. The fraction of sp³-hybridized carbons (Fsp3) is 0.650. The van der Waals surface area contributed by atoms with Gasteiger partial charge < -0.3 is 15.3 Å². The Labute approximate surface area is 152 Å². The number of nitrogens with one attached hydrogen (secondary N) is 1. The van der Waals surface area contributed by atoms with Crippen LogP contribution < -0.4 is 5.32 Å². The topological polar surface area (TPSA) is 55.8 Å². The summed E-state index contributed by atoms with van der Waals surface area (Å²) in [5, 5.41) is 12.5. The molecule has 2 rings (SSSR count). The highest BCUT2D eigenvalue weighted by atomic mass is 16.3. The molecule has 2 N–H and O–H groups in total. The molecule has 1 aromatic carbocycles. The summed E-state index contributed by atoms with van der Waals surface area (Å²) >= 11 is 0. The highest BCUT2D eigenvalue weighted by molar-refractivity contribution is 5.92. The summed E-state index contributed by atoms with van der Waals surface area (Å²) in [5.41, 5.74) is 3.17. The van der Waals surface area contributed by atoms with E-state index in [2.05, 4.69) is 22.0 Å². The molecule has 0 radical (unpaired) electrons. The van der Waals surface area contributed by atoms with E-state index in [0.717, 1.165) is 62.4 Å². The second-order valence-corrected chi connectivity index (χ2v) is 7.04. The summed E-state index contributed by atoms with van der Waals surface area (Å²) in [4.78, 5) is 17.0. The number of nitrogens with zero attached hydrogens (tertiary/aromatic N) is 2. The molecule has 1 aliphatic heterocycles. The molecule has 140 valence electrons. The summed E-state index contributed by atoms with van der Waals surface area (Å²) < 4.78 is 0. The van der Waals surface area contributed by atoms with Crippen molar-refractivity contribution in [1.82, 2.24) is 9.80 Å². The fourth-order valence-corrected chi connectivity index (χ4v) is 3.53. The van der Waals surface area contributed by atoms with Crippen molar-refractivity contribution < 1.29 is 9.90 Å². The summed E-state index contributed by atoms with van der Waals surface area (Å²) in [7, 11) is 0. The van der Waals surface area contributed by atoms with Crippen LogP contribution in [0.1, 0.15) is 37.3 Å². The van der Waals surface area contributed by atoms with Crippen LogP contribution in [0, 0.1) is 13.8 Å². The van der Waals surface area contributed by atoms with Gasteiger partial charge in [-0.2, -0.15) is 0 Å². The third kappa shape index (κ3) is 5.80. The average Bonchev–Trinajstić information content (AvgIpc) is 2.61. The third-order valence-electron chi connectivity index (χ3n) is 5.23. The number of carbonyl (C=O) groups excluding carboxylic acids is 1. The number of hydrogen-bond acceptors (Lipinski definition) is 4. The van der Waals surface area contributed by atoms with Gasteiger partial charge in [-0.15, -0.1) is 0 Å². The smallest absolute Gasteiger partial charge is 0.224 e. The summed E-state index contributed by atoms with van der Waals surface area (Å²) in [6, 6.07) is 6.36. The van der Waals surface area contributed by atoms with E-state index < -0.39 is 0 Å². The number of aliphatic hydroxyl groups excluding tert-OH is 1. The number of anilines is 1. The van der Waals surface area contributed by atoms with Crippen LogP contribution in [0.2, 0.25) is 0 Å². The Morgan fingerprint density at radius 2 is 1.84 bits per heavy atom. The zero-order valence-corrected chi connectivity index (χ0v) is 15.9. The molecule has 0 bridgehead atoms. The second-order valence-electron chi connectivity index (χ2n) is 7.04. The minimum Gasteiger partial charge on any atom is -0.395 e. The Kier molecular flexibility index (Phi) is 7.88. The van der Waals surface area contributed by atoms with Crippen LogP contribution in [0.5, 0.6) is 0 Å². The molecule has 1 aromatic rings. The van der Waals surface area contributed by atoms with Crippen LogP contribution in [0.3, 0.4) is 0 Å². The lowest BCUT2D eigenvalue weighted by Crippen LogP contribution is -2.51. The molecule has 5 heteroatoms. The Hall–Kier alpha value is -1.43. The van der Waals surface area contributed by atoms with E-state index in [9.17, 15) is 9.90 Å². The van der Waals surface area contributed by atoms with Crippen molar-refractivity contribution in [3.8, 4) is 0 Å². The van der Waals surface area contributed by atoms with E-state index in [1.807, 2.05) is 32.0 Å². The number of para-hydroxylation sites is 1. The number of aliphatic hydroxyl groups is 1. The van der Waals surface area contributed by atoms with E-state index in [-0.39, 0.29) is 12.5 Å². The Morgan fingerprint density at radius 3 is 2.40 bits per heavy atom. The SMILES string of the molecule is CCC(CO)N1CCN(CCCC(=O)Nc2c(C)cccc2C)CC1. The minimum absolute atomic E-state index is 0.0994. The third-order valence-corrected chi connectivity index (χ3v) is 5.23. The normalized spacial score (nSPS) is 17.4. The van der Waals surface area contributed by atoms with Gasteiger partial charge >= 0.3 is 0 Å². The van der Waals surface area contributed by atoms with Crippen molar-refractivity contribution >= 4 is 11.6 Å². The molecule has 0 spiro atoms. The van der Waals surface area contributed by atoms with Gasteiger partial charge in [0.2, 0.25) is 5.91 Å². The molecular weight excluding hydrogens is 314 g/mol. The largest absolute Gasteiger partial charge is 0.395 e. The van der Waals surface area contributed by atoms with Gasteiger partial charge in [-0.25, -0.2) is 0 Å². The maximum atomic E-state index is 12.2. The number of benzene rings is 1. The number of carbonyl (C=O) groups is 1. The number of piperazine rings is 1. The quantitative estimate of drug-likeness (QED) is 0.758. The number of amides is 1. The van der Waals surface area contributed by atoms with E-state index in [1.165, 1.54) is 0 Å². The second kappa shape index (κ2) is 9.90. The molecular formula is C20H33N3O2. The lowest BCUT2D eigenvalue weighted by Gasteiger charge is -2.38. The molecule has 0 saturated carbocycles. The van der Waals surface area contributed by atoms with E-state index in [4.69, 9.17) is 0 Å². The van der Waals surface area contributed by atoms with Crippen LogP contribution in [0.25, 0.3) is 0 Å². The first-order chi connectivity index (χ1) is 12.0. The monoisotopic (exact) mass is 347 g/mol. The molecule has 1 amide bonds. The van der Waals surface area contributed by atoms with Gasteiger partial charge in [0.15, 0.2) is 0 Å². The van der Waals surface area contributed by atoms with Crippen LogP contribution in [0.4, 0.5) is 5.69 Å². The van der Waals surface area contributed by atoms with Crippen molar-refractivity contribution in [3.63, 3.8) is 0 Å². The predicted molar refractivity (Wildman–Crippen MR) is 103 cm³/mol. The van der Waals surface area contributed by atoms with E-state index in [0.29, 0.717) is 12.5 Å². The summed E-state index contributed by atoms with van der Waals surface area (Å²) in [6.45, 7) is 11.4. The molecule has 0 aromatic heterocycles. The first-order valence-corrected chi connectivity index (χ1v) is 9.48. The van der Waals surface area contributed by atoms with E-state index in [1.54, 1.807) is 0 Å². The lowest BCUT2D eigenvalue weighted by atomic mass is 10.1. The van der Waals surface area contributed by atoms with Crippen LogP contribution in [0.15, 0.2) is 18.2 Å². The van der Waals surface area contributed by atoms with Gasteiger partial charge in [-0.05, 0) is 44.4 Å². The van der Waals surface area contributed by atoms with Crippen molar-refractivity contribution in [2.24, 2.45) is 0 Å². The Bertz CT molecular complexity index is 530. The van der Waals surface area contributed by atoms with Crippen LogP contribution in [-0.4, -0.2) is 66.2 Å². The molecule has 1 heterocycles. The first-order valence-electron chi connectivity index (χ1n) is 9.48. The van der Waals surface area contributed by atoms with Gasteiger partial charge in [0.05, 0.1) is 6.61 Å². The van der Waals surface area contributed by atoms with Crippen molar-refractivity contribution in [3.05, 3.63) is 29.3 Å². The standard InChI is InChI=1S/C20H33N3O2/c1-4-18(15-24)23-13-11-22(12-14-23)10-6-9-19(25)21-20-16(2)7-5-8-17(20)3/h5,7-8,18,24H,4,6,9-15H2,1-3H3,(H,21,25). The Morgan fingerprint density at radius 1 is 1.20 bits per heavy atom. The highest BCUT2D eigenvalue weighted by Crippen LogP contribution is 2.19. The molecule has 1 atom stereocenters. The lowest BCUT2D eigenvalue weighted by molar-refractivity contribution is -0.116. The molecule has 1 fully saturated rings. The number of aryl methyl sites for hydroxylation is 2. The fourth-order valence-electron chi connectivity index (χ4n) is 3.53. The van der Waals surface area contributed by atoms with Gasteiger partial charge in [-0.3, -0.25) is 9.69 Å². The highest BCUT2D eigenvalue weighted by Gasteiger charge is 2.22. The average molecular weight is 348 g/mol. The van der Waals surface area contributed by atoms with E-state index >= 15 is 0 Å². The van der Waals surface area contributed by atoms with Gasteiger partial charge in [-0.1, -0.05) is 25.1 Å². The predicted octanol–water partition coefficient (Wildman–Crippen LogP) is 2.41. The van der Waals surface area contributed by atoms with Crippen molar-refractivity contribution in [1.29, 1.82) is 0 Å². The molecule has 1 saturated heterocycles. The van der Waals surface area contributed by atoms with Crippen molar-refractivity contribution in [2.45, 2.75) is 46.1 Å².